The molecular formula is C17H19F2N. The maximum atomic E-state index is 13.9. The lowest BCUT2D eigenvalue weighted by Crippen LogP contribution is -2.18. The maximum Gasteiger partial charge on any atom is 0.163 e. The molecule has 1 unspecified atom stereocenters. The molecule has 1 atom stereocenters. The zero-order chi connectivity index (χ0) is 15.0. The van der Waals surface area contributed by atoms with Crippen molar-refractivity contribution >= 4 is 0 Å². The summed E-state index contributed by atoms with van der Waals surface area (Å²) in [7, 11) is 0. The first-order chi connectivity index (χ1) is 9.34. The molecule has 3 heteroatoms. The van der Waals surface area contributed by atoms with Gasteiger partial charge in [-0.05, 0) is 61.6 Å². The lowest BCUT2D eigenvalue weighted by molar-refractivity contribution is 0.494. The number of halogens is 2. The molecule has 106 valence electrons. The highest BCUT2D eigenvalue weighted by Gasteiger charge is 2.21. The highest BCUT2D eigenvalue weighted by molar-refractivity contribution is 5.48. The van der Waals surface area contributed by atoms with Gasteiger partial charge in [0.15, 0.2) is 11.6 Å². The van der Waals surface area contributed by atoms with Crippen molar-refractivity contribution in [2.24, 2.45) is 5.73 Å². The Morgan fingerprint density at radius 1 is 0.950 bits per heavy atom. The summed E-state index contributed by atoms with van der Waals surface area (Å²) in [6.07, 6.45) is 0. The number of aryl methyl sites for hydroxylation is 2. The minimum absolute atomic E-state index is 0.196. The summed E-state index contributed by atoms with van der Waals surface area (Å²) in [5, 5.41) is 0. The van der Waals surface area contributed by atoms with Crippen LogP contribution in [0.25, 0.3) is 0 Å². The van der Waals surface area contributed by atoms with Crippen molar-refractivity contribution in [2.75, 3.05) is 0 Å². The molecule has 1 nitrogen and oxygen atoms in total. The van der Waals surface area contributed by atoms with Gasteiger partial charge < -0.3 is 5.73 Å². The largest absolute Gasteiger partial charge is 0.320 e. The van der Waals surface area contributed by atoms with E-state index in [2.05, 4.69) is 6.07 Å². The highest BCUT2D eigenvalue weighted by Crippen LogP contribution is 2.31. The first-order valence-electron chi connectivity index (χ1n) is 6.61. The molecule has 0 radical (unpaired) electrons. The predicted molar refractivity (Wildman–Crippen MR) is 77.8 cm³/mol. The van der Waals surface area contributed by atoms with Crippen molar-refractivity contribution in [1.82, 2.24) is 0 Å². The van der Waals surface area contributed by atoms with Crippen LogP contribution in [0.1, 0.15) is 39.4 Å². The monoisotopic (exact) mass is 275 g/mol. The third-order valence-corrected chi connectivity index (χ3v) is 4.05. The van der Waals surface area contributed by atoms with Crippen LogP contribution in [0, 0.1) is 39.3 Å². The first-order valence-corrected chi connectivity index (χ1v) is 6.61. The highest BCUT2D eigenvalue weighted by atomic mass is 19.2. The molecule has 0 aliphatic carbocycles. The van der Waals surface area contributed by atoms with Gasteiger partial charge in [-0.2, -0.15) is 0 Å². The van der Waals surface area contributed by atoms with Gasteiger partial charge in [-0.3, -0.25) is 0 Å². The molecule has 0 spiro atoms. The zero-order valence-electron chi connectivity index (χ0n) is 12.2. The first kappa shape index (κ1) is 14.7. The fraction of sp³-hybridized carbons (Fsp3) is 0.294. The van der Waals surface area contributed by atoms with Crippen LogP contribution < -0.4 is 5.73 Å². The molecule has 2 aromatic carbocycles. The molecule has 0 bridgehead atoms. The Morgan fingerprint density at radius 3 is 2.05 bits per heavy atom. The molecule has 20 heavy (non-hydrogen) atoms. The van der Waals surface area contributed by atoms with E-state index in [9.17, 15) is 8.78 Å². The van der Waals surface area contributed by atoms with Crippen molar-refractivity contribution in [3.8, 4) is 0 Å². The van der Waals surface area contributed by atoms with E-state index in [-0.39, 0.29) is 5.56 Å². The van der Waals surface area contributed by atoms with Crippen molar-refractivity contribution in [3.63, 3.8) is 0 Å². The van der Waals surface area contributed by atoms with E-state index in [4.69, 9.17) is 5.73 Å². The van der Waals surface area contributed by atoms with E-state index in [0.29, 0.717) is 0 Å². The van der Waals surface area contributed by atoms with E-state index in [1.807, 2.05) is 27.7 Å². The van der Waals surface area contributed by atoms with Crippen LogP contribution in [-0.4, -0.2) is 0 Å². The fourth-order valence-electron chi connectivity index (χ4n) is 2.63. The van der Waals surface area contributed by atoms with E-state index in [1.54, 1.807) is 6.07 Å². The summed E-state index contributed by atoms with van der Waals surface area (Å²) < 4.78 is 27.3. The molecule has 2 N–H and O–H groups in total. The Labute approximate surface area is 118 Å². The normalized spacial score (nSPS) is 12.6. The average molecular weight is 275 g/mol. The van der Waals surface area contributed by atoms with Crippen LogP contribution in [0.4, 0.5) is 8.78 Å². The van der Waals surface area contributed by atoms with Gasteiger partial charge in [0.1, 0.15) is 0 Å². The summed E-state index contributed by atoms with van der Waals surface area (Å²) in [5.74, 6) is -1.73. The van der Waals surface area contributed by atoms with Crippen LogP contribution >= 0.6 is 0 Å². The average Bonchev–Trinajstić information content (AvgIpc) is 2.40. The Morgan fingerprint density at radius 2 is 1.50 bits per heavy atom. The van der Waals surface area contributed by atoms with Crippen LogP contribution in [0.5, 0.6) is 0 Å². The lowest BCUT2D eigenvalue weighted by Gasteiger charge is -2.22. The molecule has 2 rings (SSSR count). The number of rotatable bonds is 2. The number of nitrogens with two attached hydrogens (primary N) is 1. The number of hydrogen-bond acceptors (Lipinski definition) is 1. The summed E-state index contributed by atoms with van der Waals surface area (Å²) >= 11 is 0. The molecule has 0 fully saturated rings. The smallest absolute Gasteiger partial charge is 0.163 e. The van der Waals surface area contributed by atoms with Crippen LogP contribution in [0.15, 0.2) is 24.3 Å². The van der Waals surface area contributed by atoms with Crippen molar-refractivity contribution in [1.29, 1.82) is 0 Å². The number of hydrogen-bond donors (Lipinski definition) is 1. The van der Waals surface area contributed by atoms with Gasteiger partial charge in [0.05, 0.1) is 6.04 Å². The van der Waals surface area contributed by atoms with E-state index >= 15 is 0 Å². The molecule has 0 aromatic heterocycles. The van der Waals surface area contributed by atoms with Crippen LogP contribution in [0.2, 0.25) is 0 Å². The molecule has 0 aliphatic heterocycles. The van der Waals surface area contributed by atoms with Crippen molar-refractivity contribution in [3.05, 3.63) is 69.3 Å². The standard InChI is InChI=1S/C17H19F2N/c1-9-8-10(2)12(4)15(11(9)3)17(20)13-6-5-7-14(18)16(13)19/h5-8,17H,20H2,1-4H3. The van der Waals surface area contributed by atoms with Gasteiger partial charge in [0, 0.05) is 5.56 Å². The van der Waals surface area contributed by atoms with Gasteiger partial charge in [0.2, 0.25) is 0 Å². The van der Waals surface area contributed by atoms with Crippen LogP contribution in [-0.2, 0) is 0 Å². The molecule has 0 saturated heterocycles. The van der Waals surface area contributed by atoms with Gasteiger partial charge in [-0.15, -0.1) is 0 Å². The topological polar surface area (TPSA) is 26.0 Å². The Hall–Kier alpha value is -1.74. The van der Waals surface area contributed by atoms with Gasteiger partial charge >= 0.3 is 0 Å². The van der Waals surface area contributed by atoms with Gasteiger partial charge in [-0.25, -0.2) is 8.78 Å². The third kappa shape index (κ3) is 2.34. The van der Waals surface area contributed by atoms with Gasteiger partial charge in [0.25, 0.3) is 0 Å². The summed E-state index contributed by atoms with van der Waals surface area (Å²) in [6, 6.07) is 5.56. The van der Waals surface area contributed by atoms with E-state index < -0.39 is 17.7 Å². The Kier molecular flexibility index (Phi) is 3.91. The minimum Gasteiger partial charge on any atom is -0.320 e. The summed E-state index contributed by atoms with van der Waals surface area (Å²) in [5.41, 5.74) is 11.6. The molecule has 0 amide bonds. The SMILES string of the molecule is Cc1cc(C)c(C)c(C(N)c2cccc(F)c2F)c1C. The Balaban J connectivity index is 2.65. The maximum absolute atomic E-state index is 13.9. The second-order valence-electron chi connectivity index (χ2n) is 5.29. The fourth-order valence-corrected chi connectivity index (χ4v) is 2.63. The van der Waals surface area contributed by atoms with E-state index in [1.165, 1.54) is 6.07 Å². The molecular weight excluding hydrogens is 256 g/mol. The molecule has 0 saturated carbocycles. The second-order valence-corrected chi connectivity index (χ2v) is 5.29. The lowest BCUT2D eigenvalue weighted by atomic mass is 9.87. The third-order valence-electron chi connectivity index (χ3n) is 4.05. The Bertz CT molecular complexity index is 636. The zero-order valence-corrected chi connectivity index (χ0v) is 12.2. The molecule has 0 aliphatic rings. The quantitative estimate of drug-likeness (QED) is 0.871. The minimum atomic E-state index is -0.863. The van der Waals surface area contributed by atoms with Crippen molar-refractivity contribution < 1.29 is 8.78 Å². The summed E-state index contributed by atoms with van der Waals surface area (Å²) in [4.78, 5) is 0. The number of benzene rings is 2. The van der Waals surface area contributed by atoms with Gasteiger partial charge in [-0.1, -0.05) is 18.2 Å². The summed E-state index contributed by atoms with van der Waals surface area (Å²) in [6.45, 7) is 7.93. The van der Waals surface area contributed by atoms with Crippen molar-refractivity contribution in [2.45, 2.75) is 33.7 Å². The molecule has 2 aromatic rings. The second kappa shape index (κ2) is 5.33. The van der Waals surface area contributed by atoms with Crippen LogP contribution in [0.3, 0.4) is 0 Å². The molecule has 0 heterocycles. The van der Waals surface area contributed by atoms with E-state index in [0.717, 1.165) is 33.9 Å². The predicted octanol–water partition coefficient (Wildman–Crippen LogP) is 4.25.